The van der Waals surface area contributed by atoms with Crippen molar-refractivity contribution < 1.29 is 0 Å². The van der Waals surface area contributed by atoms with Crippen LogP contribution in [0.2, 0.25) is 0 Å². The molecule has 4 aliphatic rings. The van der Waals surface area contributed by atoms with Crippen LogP contribution < -0.4 is 5.73 Å². The van der Waals surface area contributed by atoms with Crippen molar-refractivity contribution in [1.29, 1.82) is 0 Å². The van der Waals surface area contributed by atoms with Gasteiger partial charge in [-0.1, -0.05) is 0 Å². The minimum Gasteiger partial charge on any atom is -0.387 e. The van der Waals surface area contributed by atoms with E-state index >= 15 is 0 Å². The monoisotopic (exact) mass is 193 g/mol. The Bertz CT molecular complexity index is 249. The number of hydrogen-bond acceptors (Lipinski definition) is 2. The van der Waals surface area contributed by atoms with Gasteiger partial charge in [-0.15, -0.1) is 0 Å². The third-order valence-corrected chi connectivity index (χ3v) is 3.93. The van der Waals surface area contributed by atoms with Gasteiger partial charge in [0.05, 0.1) is 11.9 Å². The molecule has 3 nitrogen and oxygen atoms in total. The van der Waals surface area contributed by atoms with Crippen LogP contribution in [0.4, 0.5) is 0 Å². The van der Waals surface area contributed by atoms with Crippen LogP contribution in [0.5, 0.6) is 0 Å². The summed E-state index contributed by atoms with van der Waals surface area (Å²) in [5.41, 5.74) is 5.97. The molecular weight excluding hydrogens is 174 g/mol. The van der Waals surface area contributed by atoms with Crippen LogP contribution in [0.15, 0.2) is 4.99 Å². The number of hydrogen-bond donors (Lipinski definition) is 1. The zero-order valence-electron chi connectivity index (χ0n) is 8.65. The molecule has 3 heterocycles. The molecule has 0 radical (unpaired) electrons. The van der Waals surface area contributed by atoms with E-state index < -0.39 is 0 Å². The van der Waals surface area contributed by atoms with Gasteiger partial charge in [-0.05, 0) is 44.7 Å². The van der Waals surface area contributed by atoms with Gasteiger partial charge in [-0.2, -0.15) is 0 Å². The lowest BCUT2D eigenvalue weighted by Crippen LogP contribution is -2.50. The predicted octanol–water partition coefficient (Wildman–Crippen LogP) is 0.848. The highest BCUT2D eigenvalue weighted by Crippen LogP contribution is 2.32. The van der Waals surface area contributed by atoms with E-state index in [0.29, 0.717) is 12.0 Å². The first-order chi connectivity index (χ1) is 6.83. The summed E-state index contributed by atoms with van der Waals surface area (Å²) in [7, 11) is 0. The average Bonchev–Trinajstić information content (AvgIpc) is 3.02. The Kier molecular flexibility index (Phi) is 2.01. The van der Waals surface area contributed by atoms with Crippen molar-refractivity contribution in [3.8, 4) is 0 Å². The van der Waals surface area contributed by atoms with Gasteiger partial charge in [0, 0.05) is 12.5 Å². The molecule has 0 aromatic heterocycles. The van der Waals surface area contributed by atoms with Gasteiger partial charge < -0.3 is 10.6 Å². The number of piperidine rings is 3. The fourth-order valence-electron chi connectivity index (χ4n) is 2.76. The Morgan fingerprint density at radius 3 is 2.36 bits per heavy atom. The van der Waals surface area contributed by atoms with Gasteiger partial charge >= 0.3 is 0 Å². The molecule has 1 saturated carbocycles. The van der Waals surface area contributed by atoms with Gasteiger partial charge in [-0.25, -0.2) is 0 Å². The maximum Gasteiger partial charge on any atom is 0.0972 e. The Morgan fingerprint density at radius 1 is 1.14 bits per heavy atom. The molecule has 1 atom stereocenters. The number of nitrogens with two attached hydrogens (primary N) is 1. The summed E-state index contributed by atoms with van der Waals surface area (Å²) in [6, 6.07) is 0.526. The minimum atomic E-state index is 0.526. The molecule has 0 aromatic carbocycles. The van der Waals surface area contributed by atoms with Crippen molar-refractivity contribution in [3.05, 3.63) is 0 Å². The molecule has 3 heteroatoms. The Morgan fingerprint density at radius 2 is 1.86 bits per heavy atom. The molecule has 3 saturated heterocycles. The molecular formula is C11H19N3. The normalized spacial score (nSPS) is 42.9. The average molecular weight is 193 g/mol. The number of fused-ring (bicyclic) bond motifs is 3. The summed E-state index contributed by atoms with van der Waals surface area (Å²) >= 11 is 0. The summed E-state index contributed by atoms with van der Waals surface area (Å²) in [6.07, 6.45) is 5.23. The van der Waals surface area contributed by atoms with Gasteiger partial charge in [0.15, 0.2) is 0 Å². The van der Waals surface area contributed by atoms with Gasteiger partial charge in [-0.3, -0.25) is 4.99 Å². The topological polar surface area (TPSA) is 41.6 Å². The smallest absolute Gasteiger partial charge is 0.0972 e. The minimum absolute atomic E-state index is 0.526. The summed E-state index contributed by atoms with van der Waals surface area (Å²) < 4.78 is 0. The van der Waals surface area contributed by atoms with E-state index in [1.807, 2.05) is 0 Å². The molecule has 14 heavy (non-hydrogen) atoms. The zero-order chi connectivity index (χ0) is 9.54. The first kappa shape index (κ1) is 8.72. The third-order valence-electron chi connectivity index (χ3n) is 3.93. The van der Waals surface area contributed by atoms with Gasteiger partial charge in [0.1, 0.15) is 0 Å². The maximum absolute atomic E-state index is 5.97. The van der Waals surface area contributed by atoms with Gasteiger partial charge in [0.2, 0.25) is 0 Å². The van der Waals surface area contributed by atoms with Crippen LogP contribution in [0.1, 0.15) is 25.7 Å². The van der Waals surface area contributed by atoms with Gasteiger partial charge in [0.25, 0.3) is 0 Å². The van der Waals surface area contributed by atoms with Crippen molar-refractivity contribution >= 4 is 5.84 Å². The lowest BCUT2D eigenvalue weighted by molar-refractivity contribution is 0.0904. The molecule has 3 aliphatic heterocycles. The summed E-state index contributed by atoms with van der Waals surface area (Å²) in [4.78, 5) is 7.27. The Hall–Kier alpha value is -0.570. The highest BCUT2D eigenvalue weighted by atomic mass is 15.2. The second-order valence-electron chi connectivity index (χ2n) is 5.03. The van der Waals surface area contributed by atoms with E-state index in [0.717, 1.165) is 18.3 Å². The van der Waals surface area contributed by atoms with Crippen molar-refractivity contribution in [1.82, 2.24) is 4.90 Å². The van der Waals surface area contributed by atoms with E-state index in [1.54, 1.807) is 0 Å². The van der Waals surface area contributed by atoms with Crippen molar-refractivity contribution in [2.45, 2.75) is 31.7 Å². The fourth-order valence-corrected chi connectivity index (χ4v) is 2.76. The second kappa shape index (κ2) is 3.23. The van der Waals surface area contributed by atoms with E-state index in [1.165, 1.54) is 38.8 Å². The number of amidine groups is 1. The lowest BCUT2D eigenvalue weighted by Gasteiger charge is -2.43. The molecule has 0 spiro atoms. The van der Waals surface area contributed by atoms with E-state index in [-0.39, 0.29) is 0 Å². The quantitative estimate of drug-likeness (QED) is 0.522. The molecule has 1 aliphatic carbocycles. The number of rotatable bonds is 2. The van der Waals surface area contributed by atoms with E-state index in [4.69, 9.17) is 10.7 Å². The molecule has 2 bridgehead atoms. The van der Waals surface area contributed by atoms with Crippen LogP contribution in [0.3, 0.4) is 0 Å². The summed E-state index contributed by atoms with van der Waals surface area (Å²) in [6.45, 7) is 3.75. The van der Waals surface area contributed by atoms with Crippen molar-refractivity contribution in [3.63, 3.8) is 0 Å². The largest absolute Gasteiger partial charge is 0.387 e. The molecule has 0 aromatic rings. The molecule has 1 unspecified atom stereocenters. The van der Waals surface area contributed by atoms with Crippen LogP contribution in [-0.4, -0.2) is 36.4 Å². The Labute approximate surface area is 85.4 Å². The number of nitrogens with zero attached hydrogens (tertiary/aromatic N) is 2. The Balaban J connectivity index is 1.69. The zero-order valence-corrected chi connectivity index (χ0v) is 8.65. The third kappa shape index (κ3) is 1.54. The SMILES string of the molecule is NC(=NC1CN2CCC1CC2)C1CC1. The van der Waals surface area contributed by atoms with Crippen LogP contribution >= 0.6 is 0 Å². The predicted molar refractivity (Wildman–Crippen MR) is 57.3 cm³/mol. The van der Waals surface area contributed by atoms with Crippen LogP contribution in [0.25, 0.3) is 0 Å². The number of aliphatic imine (C=N–C) groups is 1. The van der Waals surface area contributed by atoms with Crippen LogP contribution in [-0.2, 0) is 0 Å². The second-order valence-corrected chi connectivity index (χ2v) is 5.03. The highest BCUT2D eigenvalue weighted by molar-refractivity contribution is 5.85. The lowest BCUT2D eigenvalue weighted by atomic mass is 9.84. The van der Waals surface area contributed by atoms with Crippen LogP contribution in [0, 0.1) is 11.8 Å². The molecule has 0 amide bonds. The summed E-state index contributed by atoms with van der Waals surface area (Å²) in [5, 5.41) is 0. The maximum atomic E-state index is 5.97. The van der Waals surface area contributed by atoms with Crippen molar-refractivity contribution in [2.75, 3.05) is 19.6 Å². The molecule has 78 valence electrons. The standard InChI is InChI=1S/C11H19N3/c12-11(9-1-2-9)13-10-7-14-5-3-8(10)4-6-14/h8-10H,1-7H2,(H2,12,13). The highest BCUT2D eigenvalue weighted by Gasteiger charge is 2.35. The van der Waals surface area contributed by atoms with E-state index in [2.05, 4.69) is 4.90 Å². The fraction of sp³-hybridized carbons (Fsp3) is 0.909. The first-order valence-corrected chi connectivity index (χ1v) is 5.88. The summed E-state index contributed by atoms with van der Waals surface area (Å²) in [5.74, 6) is 2.42. The molecule has 4 rings (SSSR count). The molecule has 2 N–H and O–H groups in total. The first-order valence-electron chi connectivity index (χ1n) is 5.88. The van der Waals surface area contributed by atoms with Crippen molar-refractivity contribution in [2.24, 2.45) is 22.6 Å². The van der Waals surface area contributed by atoms with E-state index in [9.17, 15) is 0 Å². The molecule has 4 fully saturated rings.